The molecule has 0 aliphatic carbocycles. The number of nitrogens with zero attached hydrogens (tertiary/aromatic N) is 2. The average Bonchev–Trinajstić information content (AvgIpc) is 2.74. The lowest BCUT2D eigenvalue weighted by molar-refractivity contribution is -0.129. The van der Waals surface area contributed by atoms with Crippen molar-refractivity contribution in [3.8, 4) is 0 Å². The van der Waals surface area contributed by atoms with Crippen LogP contribution in [-0.2, 0) is 11.3 Å². The summed E-state index contributed by atoms with van der Waals surface area (Å²) in [6.07, 6.45) is 1.64. The minimum Gasteiger partial charge on any atom is -0.478 e. The van der Waals surface area contributed by atoms with E-state index in [0.29, 0.717) is 5.56 Å². The molecule has 1 aromatic rings. The molecule has 2 N–H and O–H groups in total. The van der Waals surface area contributed by atoms with Crippen LogP contribution >= 0.6 is 0 Å². The number of carboxylic acid groups (broad SMARTS) is 2. The van der Waals surface area contributed by atoms with Gasteiger partial charge in [-0.15, -0.1) is 0 Å². The van der Waals surface area contributed by atoms with Gasteiger partial charge in [0.25, 0.3) is 0 Å². The first-order chi connectivity index (χ1) is 8.97. The number of aromatic carboxylic acids is 2. The van der Waals surface area contributed by atoms with Crippen molar-refractivity contribution in [3.05, 3.63) is 34.9 Å². The number of carbonyl (C=O) groups is 3. The lowest BCUT2D eigenvalue weighted by atomic mass is 10.1. The SMILES string of the molecule is O=C(O)c1cc(CN2N=CCC2=O)cc(C(=O)O)c1. The molecule has 1 aromatic carbocycles. The van der Waals surface area contributed by atoms with Crippen molar-refractivity contribution in [1.82, 2.24) is 5.01 Å². The molecule has 1 aliphatic rings. The van der Waals surface area contributed by atoms with Crippen LogP contribution in [0.4, 0.5) is 0 Å². The second-order valence-corrected chi connectivity index (χ2v) is 3.98. The summed E-state index contributed by atoms with van der Waals surface area (Å²) in [5.74, 6) is -2.65. The average molecular weight is 262 g/mol. The van der Waals surface area contributed by atoms with Gasteiger partial charge >= 0.3 is 11.9 Å². The Bertz CT molecular complexity index is 562. The highest BCUT2D eigenvalue weighted by Gasteiger charge is 2.18. The van der Waals surface area contributed by atoms with E-state index in [-0.39, 0.29) is 30.0 Å². The van der Waals surface area contributed by atoms with E-state index in [0.717, 1.165) is 6.07 Å². The molecule has 0 saturated heterocycles. The van der Waals surface area contributed by atoms with Crippen LogP contribution in [0, 0.1) is 0 Å². The third kappa shape index (κ3) is 2.76. The number of hydrazone groups is 1. The molecule has 0 radical (unpaired) electrons. The monoisotopic (exact) mass is 262 g/mol. The summed E-state index contributed by atoms with van der Waals surface area (Å²) in [6.45, 7) is 0.0523. The quantitative estimate of drug-likeness (QED) is 0.834. The first-order valence-electron chi connectivity index (χ1n) is 5.41. The summed E-state index contributed by atoms with van der Waals surface area (Å²) in [4.78, 5) is 33.2. The zero-order chi connectivity index (χ0) is 14.0. The largest absolute Gasteiger partial charge is 0.478 e. The van der Waals surface area contributed by atoms with Gasteiger partial charge in [-0.1, -0.05) is 0 Å². The Balaban J connectivity index is 2.33. The molecule has 0 aromatic heterocycles. The topological polar surface area (TPSA) is 107 Å². The van der Waals surface area contributed by atoms with Crippen LogP contribution in [0.15, 0.2) is 23.3 Å². The molecular formula is C12H10N2O5. The van der Waals surface area contributed by atoms with Crippen LogP contribution in [-0.4, -0.2) is 39.3 Å². The summed E-state index contributed by atoms with van der Waals surface area (Å²) in [6, 6.07) is 3.73. The third-order valence-electron chi connectivity index (χ3n) is 2.59. The molecule has 0 atom stereocenters. The van der Waals surface area contributed by atoms with Gasteiger partial charge in [0.1, 0.15) is 0 Å². The first kappa shape index (κ1) is 12.7. The summed E-state index contributed by atoms with van der Waals surface area (Å²) >= 11 is 0. The molecule has 1 aliphatic heterocycles. The zero-order valence-electron chi connectivity index (χ0n) is 9.74. The van der Waals surface area contributed by atoms with Crippen molar-refractivity contribution in [2.75, 3.05) is 0 Å². The molecule has 0 bridgehead atoms. The standard InChI is InChI=1S/C12H10N2O5/c15-10-1-2-13-14(10)6-7-3-8(11(16)17)5-9(4-7)12(18)19/h2-5H,1,6H2,(H,16,17)(H,18,19). The van der Waals surface area contributed by atoms with Crippen molar-refractivity contribution < 1.29 is 24.6 Å². The Morgan fingerprint density at radius 1 is 1.16 bits per heavy atom. The highest BCUT2D eigenvalue weighted by atomic mass is 16.4. The molecule has 2 rings (SSSR count). The summed E-state index contributed by atoms with van der Waals surface area (Å²) < 4.78 is 0. The highest BCUT2D eigenvalue weighted by Crippen LogP contribution is 2.15. The van der Waals surface area contributed by atoms with Crippen molar-refractivity contribution >= 4 is 24.1 Å². The van der Waals surface area contributed by atoms with E-state index >= 15 is 0 Å². The smallest absolute Gasteiger partial charge is 0.335 e. The molecule has 0 unspecified atom stereocenters. The molecule has 1 amide bonds. The van der Waals surface area contributed by atoms with Crippen molar-refractivity contribution in [2.45, 2.75) is 13.0 Å². The van der Waals surface area contributed by atoms with E-state index in [1.165, 1.54) is 23.4 Å². The van der Waals surface area contributed by atoms with Gasteiger partial charge < -0.3 is 10.2 Å². The van der Waals surface area contributed by atoms with Gasteiger partial charge in [0, 0.05) is 6.21 Å². The van der Waals surface area contributed by atoms with E-state index < -0.39 is 11.9 Å². The maximum Gasteiger partial charge on any atom is 0.335 e. The van der Waals surface area contributed by atoms with E-state index in [4.69, 9.17) is 10.2 Å². The summed E-state index contributed by atoms with van der Waals surface area (Å²) in [5, 5.41) is 22.8. The number of benzene rings is 1. The van der Waals surface area contributed by atoms with Gasteiger partial charge in [-0.2, -0.15) is 5.10 Å². The van der Waals surface area contributed by atoms with Crippen LogP contribution < -0.4 is 0 Å². The second-order valence-electron chi connectivity index (χ2n) is 3.98. The summed E-state index contributed by atoms with van der Waals surface area (Å²) in [7, 11) is 0. The number of rotatable bonds is 4. The molecular weight excluding hydrogens is 252 g/mol. The van der Waals surface area contributed by atoms with Crippen molar-refractivity contribution in [1.29, 1.82) is 0 Å². The molecule has 7 heteroatoms. The second kappa shape index (κ2) is 4.89. The normalized spacial score (nSPS) is 13.9. The fourth-order valence-corrected chi connectivity index (χ4v) is 1.72. The lowest BCUT2D eigenvalue weighted by Crippen LogP contribution is -2.20. The fourth-order valence-electron chi connectivity index (χ4n) is 1.72. The van der Waals surface area contributed by atoms with Crippen molar-refractivity contribution in [2.24, 2.45) is 5.10 Å². The number of amides is 1. The van der Waals surface area contributed by atoms with Gasteiger partial charge in [-0.3, -0.25) is 4.79 Å². The minimum absolute atomic E-state index is 0.0523. The lowest BCUT2D eigenvalue weighted by Gasteiger charge is -2.12. The third-order valence-corrected chi connectivity index (χ3v) is 2.59. The van der Waals surface area contributed by atoms with Crippen LogP contribution in [0.25, 0.3) is 0 Å². The Labute approximate surface area is 107 Å². The zero-order valence-corrected chi connectivity index (χ0v) is 9.74. The fraction of sp³-hybridized carbons (Fsp3) is 0.167. The number of carboxylic acids is 2. The van der Waals surface area contributed by atoms with E-state index in [9.17, 15) is 14.4 Å². The van der Waals surface area contributed by atoms with Gasteiger partial charge in [0.2, 0.25) is 5.91 Å². The Kier molecular flexibility index (Phi) is 3.28. The number of carbonyl (C=O) groups excluding carboxylic acids is 1. The first-order valence-corrected chi connectivity index (χ1v) is 5.41. The van der Waals surface area contributed by atoms with E-state index in [1.807, 2.05) is 0 Å². The molecule has 98 valence electrons. The molecule has 7 nitrogen and oxygen atoms in total. The summed E-state index contributed by atoms with van der Waals surface area (Å²) in [5.41, 5.74) is 0.140. The molecule has 19 heavy (non-hydrogen) atoms. The Morgan fingerprint density at radius 2 is 1.74 bits per heavy atom. The van der Waals surface area contributed by atoms with E-state index in [2.05, 4.69) is 5.10 Å². The number of hydrogen-bond acceptors (Lipinski definition) is 4. The predicted octanol–water partition coefficient (Wildman–Crippen LogP) is 0.801. The molecule has 0 spiro atoms. The van der Waals surface area contributed by atoms with Crippen LogP contribution in [0.1, 0.15) is 32.7 Å². The van der Waals surface area contributed by atoms with E-state index in [1.54, 1.807) is 0 Å². The highest BCUT2D eigenvalue weighted by molar-refractivity contribution is 5.95. The Hall–Kier alpha value is -2.70. The number of hydrogen-bond donors (Lipinski definition) is 2. The molecule has 0 saturated carbocycles. The Morgan fingerprint density at radius 3 is 2.16 bits per heavy atom. The van der Waals surface area contributed by atoms with Gasteiger partial charge in [0.15, 0.2) is 0 Å². The molecule has 0 fully saturated rings. The van der Waals surface area contributed by atoms with Gasteiger partial charge in [0.05, 0.1) is 24.1 Å². The molecule has 1 heterocycles. The maximum absolute atomic E-state index is 11.4. The predicted molar refractivity (Wildman–Crippen MR) is 64.0 cm³/mol. The van der Waals surface area contributed by atoms with Crippen LogP contribution in [0.3, 0.4) is 0 Å². The van der Waals surface area contributed by atoms with Crippen LogP contribution in [0.2, 0.25) is 0 Å². The maximum atomic E-state index is 11.4. The minimum atomic E-state index is -1.22. The van der Waals surface area contributed by atoms with Gasteiger partial charge in [-0.05, 0) is 23.8 Å². The van der Waals surface area contributed by atoms with Gasteiger partial charge in [-0.25, -0.2) is 14.6 Å². The van der Waals surface area contributed by atoms with Crippen molar-refractivity contribution in [3.63, 3.8) is 0 Å². The van der Waals surface area contributed by atoms with Crippen LogP contribution in [0.5, 0.6) is 0 Å².